The van der Waals surface area contributed by atoms with Gasteiger partial charge in [0.1, 0.15) is 0 Å². The van der Waals surface area contributed by atoms with Gasteiger partial charge in [0.05, 0.1) is 0 Å². The Morgan fingerprint density at radius 2 is 1.56 bits per heavy atom. The fourth-order valence-electron chi connectivity index (χ4n) is 3.30. The Morgan fingerprint density at radius 1 is 1.00 bits per heavy atom. The maximum Gasteiger partial charge on any atom is 0.0226 e. The van der Waals surface area contributed by atoms with Gasteiger partial charge < -0.3 is 15.5 Å². The zero-order valence-corrected chi connectivity index (χ0v) is 12.8. The van der Waals surface area contributed by atoms with Gasteiger partial charge in [0.2, 0.25) is 0 Å². The molecule has 0 atom stereocenters. The van der Waals surface area contributed by atoms with Crippen molar-refractivity contribution < 1.29 is 0 Å². The highest BCUT2D eigenvalue weighted by atomic mass is 35.5. The van der Waals surface area contributed by atoms with Crippen molar-refractivity contribution in [3.63, 3.8) is 0 Å². The molecule has 0 aliphatic carbocycles. The van der Waals surface area contributed by atoms with E-state index in [1.54, 1.807) is 0 Å². The van der Waals surface area contributed by atoms with E-state index in [2.05, 4.69) is 23.6 Å². The molecule has 18 heavy (non-hydrogen) atoms. The number of piperidine rings is 2. The van der Waals surface area contributed by atoms with Crippen LogP contribution in [0, 0.1) is 0 Å². The van der Waals surface area contributed by atoms with E-state index in [0.717, 1.165) is 12.6 Å². The molecule has 0 saturated carbocycles. The maximum absolute atomic E-state index is 6.09. The topological polar surface area (TPSA) is 32.5 Å². The van der Waals surface area contributed by atoms with E-state index in [1.165, 1.54) is 58.3 Å². The fraction of sp³-hybridized carbons (Fsp3) is 1.00. The first-order valence-corrected chi connectivity index (χ1v) is 7.30. The molecule has 4 heteroatoms. The predicted molar refractivity (Wildman–Crippen MR) is 80.4 cm³/mol. The molecular weight excluding hydrogens is 246 g/mol. The summed E-state index contributed by atoms with van der Waals surface area (Å²) in [5.41, 5.74) is 6.05. The maximum atomic E-state index is 6.09. The molecule has 0 aromatic heterocycles. The summed E-state index contributed by atoms with van der Waals surface area (Å²) in [6, 6.07) is 0.854. The van der Waals surface area contributed by atoms with Gasteiger partial charge in [-0.3, -0.25) is 0 Å². The van der Waals surface area contributed by atoms with Crippen molar-refractivity contribution in [1.82, 2.24) is 9.80 Å². The molecule has 108 valence electrons. The lowest BCUT2D eigenvalue weighted by molar-refractivity contribution is 0.0847. The molecule has 0 amide bonds. The van der Waals surface area contributed by atoms with Crippen LogP contribution in [0.5, 0.6) is 0 Å². The smallest absolute Gasteiger partial charge is 0.0226 e. The molecular formula is C14H30ClN3. The summed E-state index contributed by atoms with van der Waals surface area (Å²) in [6.07, 6.45) is 6.95. The van der Waals surface area contributed by atoms with Crippen molar-refractivity contribution in [2.24, 2.45) is 5.73 Å². The van der Waals surface area contributed by atoms with E-state index < -0.39 is 0 Å². The molecule has 2 fully saturated rings. The van der Waals surface area contributed by atoms with Crippen LogP contribution in [-0.2, 0) is 0 Å². The van der Waals surface area contributed by atoms with Crippen LogP contribution in [0.1, 0.15) is 46.0 Å². The van der Waals surface area contributed by atoms with Gasteiger partial charge >= 0.3 is 0 Å². The summed E-state index contributed by atoms with van der Waals surface area (Å²) in [7, 11) is 0. The van der Waals surface area contributed by atoms with Gasteiger partial charge in [0, 0.05) is 18.1 Å². The van der Waals surface area contributed by atoms with E-state index in [1.807, 2.05) is 0 Å². The Labute approximate surface area is 118 Å². The van der Waals surface area contributed by atoms with Crippen LogP contribution in [-0.4, -0.2) is 54.1 Å². The predicted octanol–water partition coefficient (Wildman–Crippen LogP) is 2.10. The normalized spacial score (nSPS) is 24.8. The van der Waals surface area contributed by atoms with E-state index in [4.69, 9.17) is 5.73 Å². The van der Waals surface area contributed by atoms with Crippen molar-refractivity contribution in [2.45, 2.75) is 57.5 Å². The monoisotopic (exact) mass is 275 g/mol. The summed E-state index contributed by atoms with van der Waals surface area (Å²) >= 11 is 0. The second-order valence-electron chi connectivity index (χ2n) is 6.59. The van der Waals surface area contributed by atoms with Crippen LogP contribution in [0.4, 0.5) is 0 Å². The number of nitrogens with two attached hydrogens (primary N) is 1. The molecule has 3 nitrogen and oxygen atoms in total. The standard InChI is InChI=1S/C14H29N3.ClH/c1-14(2,15)12-16-10-6-13(7-11-16)17-8-4-3-5-9-17;/h13H,3-12,15H2,1-2H3;1H. The second-order valence-corrected chi connectivity index (χ2v) is 6.59. The molecule has 2 rings (SSSR count). The van der Waals surface area contributed by atoms with Gasteiger partial charge in [0.25, 0.3) is 0 Å². The average molecular weight is 276 g/mol. The van der Waals surface area contributed by atoms with Crippen LogP contribution in [0.15, 0.2) is 0 Å². The molecule has 2 heterocycles. The third-order valence-electron chi connectivity index (χ3n) is 4.10. The Hall–Kier alpha value is 0.170. The lowest BCUT2D eigenvalue weighted by Gasteiger charge is -2.41. The molecule has 0 aromatic carbocycles. The van der Waals surface area contributed by atoms with E-state index in [0.29, 0.717) is 0 Å². The molecule has 2 aliphatic rings. The molecule has 2 saturated heterocycles. The third kappa shape index (κ3) is 5.04. The number of hydrogen-bond donors (Lipinski definition) is 1. The third-order valence-corrected chi connectivity index (χ3v) is 4.10. The molecule has 0 radical (unpaired) electrons. The van der Waals surface area contributed by atoms with Crippen LogP contribution < -0.4 is 5.73 Å². The fourth-order valence-corrected chi connectivity index (χ4v) is 3.30. The van der Waals surface area contributed by atoms with Crippen LogP contribution >= 0.6 is 12.4 Å². The molecule has 0 spiro atoms. The minimum atomic E-state index is -0.0437. The molecule has 0 bridgehead atoms. The van der Waals surface area contributed by atoms with Gasteiger partial charge in [-0.2, -0.15) is 0 Å². The number of likely N-dealkylation sites (tertiary alicyclic amines) is 2. The summed E-state index contributed by atoms with van der Waals surface area (Å²) in [5.74, 6) is 0. The molecule has 2 N–H and O–H groups in total. The van der Waals surface area contributed by atoms with Gasteiger partial charge in [0.15, 0.2) is 0 Å². The van der Waals surface area contributed by atoms with Crippen LogP contribution in [0.2, 0.25) is 0 Å². The number of hydrogen-bond acceptors (Lipinski definition) is 3. The molecule has 0 aromatic rings. The van der Waals surface area contributed by atoms with Gasteiger partial charge in [-0.05, 0) is 65.7 Å². The van der Waals surface area contributed by atoms with Crippen molar-refractivity contribution in [3.05, 3.63) is 0 Å². The molecule has 2 aliphatic heterocycles. The zero-order valence-electron chi connectivity index (χ0n) is 12.0. The first-order valence-electron chi connectivity index (χ1n) is 7.30. The lowest BCUT2D eigenvalue weighted by atomic mass is 9.98. The van der Waals surface area contributed by atoms with E-state index in [9.17, 15) is 0 Å². The summed E-state index contributed by atoms with van der Waals surface area (Å²) in [6.45, 7) is 10.5. The number of halogens is 1. The van der Waals surface area contributed by atoms with Gasteiger partial charge in [-0.25, -0.2) is 0 Å². The molecule has 0 unspecified atom stereocenters. The Bertz CT molecular complexity index is 226. The Morgan fingerprint density at radius 3 is 2.06 bits per heavy atom. The number of rotatable bonds is 3. The highest BCUT2D eigenvalue weighted by molar-refractivity contribution is 5.85. The first kappa shape index (κ1) is 16.2. The van der Waals surface area contributed by atoms with Crippen molar-refractivity contribution in [2.75, 3.05) is 32.7 Å². The van der Waals surface area contributed by atoms with Crippen molar-refractivity contribution >= 4 is 12.4 Å². The Kier molecular flexibility index (Phi) is 6.39. The van der Waals surface area contributed by atoms with Crippen molar-refractivity contribution in [3.8, 4) is 0 Å². The van der Waals surface area contributed by atoms with Crippen molar-refractivity contribution in [1.29, 1.82) is 0 Å². The quantitative estimate of drug-likeness (QED) is 0.856. The van der Waals surface area contributed by atoms with E-state index in [-0.39, 0.29) is 17.9 Å². The summed E-state index contributed by atoms with van der Waals surface area (Å²) < 4.78 is 0. The minimum Gasteiger partial charge on any atom is -0.324 e. The highest BCUT2D eigenvalue weighted by Gasteiger charge is 2.27. The Balaban J connectivity index is 0.00000162. The van der Waals surface area contributed by atoms with Gasteiger partial charge in [-0.15, -0.1) is 12.4 Å². The van der Waals surface area contributed by atoms with Crippen LogP contribution in [0.25, 0.3) is 0 Å². The summed E-state index contributed by atoms with van der Waals surface area (Å²) in [4.78, 5) is 5.27. The first-order chi connectivity index (χ1) is 8.04. The second kappa shape index (κ2) is 7.09. The average Bonchev–Trinajstić information content (AvgIpc) is 2.29. The lowest BCUT2D eigenvalue weighted by Crippen LogP contribution is -2.51. The zero-order chi connectivity index (χ0) is 12.3. The largest absolute Gasteiger partial charge is 0.324 e. The highest BCUT2D eigenvalue weighted by Crippen LogP contribution is 2.21. The summed E-state index contributed by atoms with van der Waals surface area (Å²) in [5, 5.41) is 0. The van der Waals surface area contributed by atoms with Crippen LogP contribution in [0.3, 0.4) is 0 Å². The van der Waals surface area contributed by atoms with Gasteiger partial charge in [-0.1, -0.05) is 6.42 Å². The number of nitrogens with zero attached hydrogens (tertiary/aromatic N) is 2. The SMILES string of the molecule is CC(C)(N)CN1CCC(N2CCCCC2)CC1.Cl. The minimum absolute atomic E-state index is 0. The van der Waals surface area contributed by atoms with E-state index >= 15 is 0 Å².